The van der Waals surface area contributed by atoms with Gasteiger partial charge in [-0.05, 0) is 47.4 Å². The van der Waals surface area contributed by atoms with Crippen LogP contribution in [-0.2, 0) is 17.2 Å². The van der Waals surface area contributed by atoms with Gasteiger partial charge in [0.05, 0.1) is 4.90 Å². The fraction of sp³-hybridized carbons (Fsp3) is 0.0556. The van der Waals surface area contributed by atoms with Crippen LogP contribution in [0.2, 0.25) is 5.02 Å². The van der Waals surface area contributed by atoms with Gasteiger partial charge < -0.3 is 4.55 Å². The van der Waals surface area contributed by atoms with Crippen molar-refractivity contribution in [3.8, 4) is 0 Å². The molecule has 7 heteroatoms. The van der Waals surface area contributed by atoms with Crippen LogP contribution >= 0.6 is 22.9 Å². The molecule has 0 aliphatic rings. The third-order valence-electron chi connectivity index (χ3n) is 3.09. The second-order valence-electron chi connectivity index (χ2n) is 5.05. The highest BCUT2D eigenvalue weighted by molar-refractivity contribution is 7.85. The minimum absolute atomic E-state index is 0.262. The first kappa shape index (κ1) is 19.3. The van der Waals surface area contributed by atoms with Gasteiger partial charge in [0.1, 0.15) is 17.2 Å². The van der Waals surface area contributed by atoms with Crippen LogP contribution in [0.4, 0.5) is 0 Å². The summed E-state index contributed by atoms with van der Waals surface area (Å²) in [5.74, 6) is 0. The fourth-order valence-corrected chi connectivity index (χ4v) is 3.00. The topological polar surface area (TPSA) is 61.1 Å². The first-order valence-corrected chi connectivity index (χ1v) is 9.89. The second-order valence-corrected chi connectivity index (χ2v) is 7.85. The van der Waals surface area contributed by atoms with Gasteiger partial charge in [-0.15, -0.1) is 11.3 Å². The molecule has 3 aromatic rings. The highest BCUT2D eigenvalue weighted by Gasteiger charge is 1.98. The number of rotatable bonds is 3. The van der Waals surface area contributed by atoms with Gasteiger partial charge in [-0.3, -0.25) is 0 Å². The highest BCUT2D eigenvalue weighted by Crippen LogP contribution is 2.13. The molecule has 25 heavy (non-hydrogen) atoms. The van der Waals surface area contributed by atoms with E-state index in [0.29, 0.717) is 5.02 Å². The van der Waals surface area contributed by atoms with Crippen molar-refractivity contribution in [2.75, 3.05) is 0 Å². The van der Waals surface area contributed by atoms with Crippen LogP contribution < -0.4 is 4.57 Å². The second kappa shape index (κ2) is 8.92. The number of benzene rings is 1. The third kappa shape index (κ3) is 6.80. The molecular weight excluding hydrogens is 378 g/mol. The molecule has 0 bridgehead atoms. The summed E-state index contributed by atoms with van der Waals surface area (Å²) in [5.41, 5.74) is 1.23. The zero-order chi connectivity index (χ0) is 18.3. The lowest BCUT2D eigenvalue weighted by molar-refractivity contribution is -0.671. The number of hydrogen-bond acceptors (Lipinski definition) is 4. The standard InChI is InChI=1S/C12H12NS.C6H5ClO3S/c1-13-8-6-11(7-9-13)4-5-12-3-2-10-14-12;7-5-1-3-6(4-2-5)11(8,9)10/h2-10H,1H3;1-4H,(H,8,9,10)/q+1;/p-1/b5-4+;. The molecule has 0 radical (unpaired) electrons. The minimum atomic E-state index is -4.33. The molecule has 0 saturated carbocycles. The van der Waals surface area contributed by atoms with Crippen LogP contribution in [-0.4, -0.2) is 13.0 Å². The van der Waals surface area contributed by atoms with Gasteiger partial charge in [-0.1, -0.05) is 23.7 Å². The van der Waals surface area contributed by atoms with Crippen LogP contribution in [0.15, 0.2) is 71.2 Å². The predicted octanol–water partition coefficient (Wildman–Crippen LogP) is 3.99. The van der Waals surface area contributed by atoms with Crippen molar-refractivity contribution >= 4 is 45.2 Å². The maximum Gasteiger partial charge on any atom is 0.169 e. The molecule has 3 rings (SSSR count). The Morgan fingerprint density at radius 1 is 1.04 bits per heavy atom. The lowest BCUT2D eigenvalue weighted by atomic mass is 10.2. The summed E-state index contributed by atoms with van der Waals surface area (Å²) >= 11 is 7.22. The first-order chi connectivity index (χ1) is 11.8. The van der Waals surface area contributed by atoms with Crippen molar-refractivity contribution in [3.63, 3.8) is 0 Å². The Hall–Kier alpha value is -1.99. The molecule has 0 unspecified atom stereocenters. The molecular formula is C18H16ClNO3S2. The quantitative estimate of drug-likeness (QED) is 0.499. The van der Waals surface area contributed by atoms with Crippen LogP contribution in [0.3, 0.4) is 0 Å². The minimum Gasteiger partial charge on any atom is -0.744 e. The van der Waals surface area contributed by atoms with Crippen LogP contribution in [0, 0.1) is 0 Å². The Kier molecular flexibility index (Phi) is 6.90. The maximum atomic E-state index is 10.3. The SMILES string of the molecule is C[n+]1ccc(/C=C/c2cccs2)cc1.O=S(=O)([O-])c1ccc(Cl)cc1. The molecule has 0 saturated heterocycles. The monoisotopic (exact) mass is 393 g/mol. The fourth-order valence-electron chi connectivity index (χ4n) is 1.79. The average molecular weight is 394 g/mol. The first-order valence-electron chi connectivity index (χ1n) is 7.23. The van der Waals surface area contributed by atoms with E-state index in [-0.39, 0.29) is 4.90 Å². The normalized spacial score (nSPS) is 11.2. The molecule has 1 aromatic carbocycles. The smallest absolute Gasteiger partial charge is 0.169 e. The molecule has 0 aliphatic carbocycles. The van der Waals surface area contributed by atoms with Crippen LogP contribution in [0.1, 0.15) is 10.4 Å². The van der Waals surface area contributed by atoms with Gasteiger partial charge in [-0.25, -0.2) is 13.0 Å². The van der Waals surface area contributed by atoms with Crippen LogP contribution in [0.25, 0.3) is 12.2 Å². The molecule has 130 valence electrons. The number of pyridine rings is 1. The van der Waals surface area contributed by atoms with Gasteiger partial charge in [-0.2, -0.15) is 0 Å². The summed E-state index contributed by atoms with van der Waals surface area (Å²) in [6.07, 6.45) is 8.37. The largest absolute Gasteiger partial charge is 0.744 e. The zero-order valence-corrected chi connectivity index (χ0v) is 15.8. The number of nitrogens with zero attached hydrogens (tertiary/aromatic N) is 1. The summed E-state index contributed by atoms with van der Waals surface area (Å²) in [6, 6.07) is 13.4. The number of aryl methyl sites for hydroxylation is 1. The Bertz CT molecular complexity index is 917. The Labute approximate surface area is 156 Å². The molecule has 0 amide bonds. The van der Waals surface area contributed by atoms with E-state index in [1.807, 2.05) is 24.0 Å². The Morgan fingerprint density at radius 3 is 2.20 bits per heavy atom. The van der Waals surface area contributed by atoms with E-state index in [1.54, 1.807) is 11.3 Å². The van der Waals surface area contributed by atoms with Crippen molar-refractivity contribution in [2.45, 2.75) is 4.90 Å². The van der Waals surface area contributed by atoms with E-state index in [9.17, 15) is 13.0 Å². The molecule has 0 fully saturated rings. The molecule has 2 aromatic heterocycles. The number of aromatic nitrogens is 1. The molecule has 0 N–H and O–H groups in total. The van der Waals surface area contributed by atoms with E-state index in [0.717, 1.165) is 0 Å². The zero-order valence-electron chi connectivity index (χ0n) is 13.4. The average Bonchev–Trinajstić information content (AvgIpc) is 3.08. The van der Waals surface area contributed by atoms with Gasteiger partial charge >= 0.3 is 0 Å². The molecule has 0 aliphatic heterocycles. The van der Waals surface area contributed by atoms with Gasteiger partial charge in [0.15, 0.2) is 12.4 Å². The lowest BCUT2D eigenvalue weighted by Gasteiger charge is -2.05. The van der Waals surface area contributed by atoms with Gasteiger partial charge in [0.2, 0.25) is 0 Å². The predicted molar refractivity (Wildman–Crippen MR) is 100 cm³/mol. The number of hydrogen-bond donors (Lipinski definition) is 0. The van der Waals surface area contributed by atoms with Gasteiger partial charge in [0, 0.05) is 22.0 Å². The third-order valence-corrected chi connectivity index (χ3v) is 5.03. The van der Waals surface area contributed by atoms with Crippen LogP contribution in [0.5, 0.6) is 0 Å². The van der Waals surface area contributed by atoms with E-state index >= 15 is 0 Å². The molecule has 4 nitrogen and oxygen atoms in total. The van der Waals surface area contributed by atoms with Crippen molar-refractivity contribution in [2.24, 2.45) is 7.05 Å². The summed E-state index contributed by atoms with van der Waals surface area (Å²) in [6.45, 7) is 0. The van der Waals surface area contributed by atoms with Crippen molar-refractivity contribution < 1.29 is 17.5 Å². The van der Waals surface area contributed by atoms with Crippen molar-refractivity contribution in [3.05, 3.63) is 81.8 Å². The Balaban J connectivity index is 0.000000186. The summed E-state index contributed by atoms with van der Waals surface area (Å²) in [4.78, 5) is 1.03. The van der Waals surface area contributed by atoms with Crippen molar-refractivity contribution in [1.29, 1.82) is 0 Å². The number of thiophene rings is 1. The van der Waals surface area contributed by atoms with E-state index in [4.69, 9.17) is 11.6 Å². The lowest BCUT2D eigenvalue weighted by Crippen LogP contribution is -2.25. The Morgan fingerprint density at radius 2 is 1.68 bits per heavy atom. The molecule has 0 spiro atoms. The molecule has 2 heterocycles. The highest BCUT2D eigenvalue weighted by atomic mass is 35.5. The summed E-state index contributed by atoms with van der Waals surface area (Å²) in [5, 5.41) is 2.49. The van der Waals surface area contributed by atoms with E-state index in [1.165, 1.54) is 34.7 Å². The summed E-state index contributed by atoms with van der Waals surface area (Å²) in [7, 11) is -2.31. The van der Waals surface area contributed by atoms with E-state index < -0.39 is 10.1 Å². The van der Waals surface area contributed by atoms with Crippen molar-refractivity contribution in [1.82, 2.24) is 0 Å². The number of halogens is 1. The molecule has 0 atom stereocenters. The maximum absolute atomic E-state index is 10.3. The van der Waals surface area contributed by atoms with E-state index in [2.05, 4.69) is 41.8 Å². The summed E-state index contributed by atoms with van der Waals surface area (Å²) < 4.78 is 33.1. The van der Waals surface area contributed by atoms with Gasteiger partial charge in [0.25, 0.3) is 0 Å².